The summed E-state index contributed by atoms with van der Waals surface area (Å²) in [4.78, 5) is 19.9. The van der Waals surface area contributed by atoms with Crippen LogP contribution in [0.15, 0.2) is 23.3 Å². The summed E-state index contributed by atoms with van der Waals surface area (Å²) in [5.74, 6) is -1.43. The monoisotopic (exact) mass is 220 g/mol. The predicted octanol–water partition coefficient (Wildman–Crippen LogP) is 1.95. The number of carbonyl (C=O) groups excluding carboxylic acids is 1. The molecule has 0 saturated heterocycles. The quantitative estimate of drug-likeness (QED) is 0.571. The molecule has 4 nitrogen and oxygen atoms in total. The zero-order valence-electron chi connectivity index (χ0n) is 8.33. The van der Waals surface area contributed by atoms with Crippen LogP contribution < -0.4 is 0 Å². The Morgan fingerprint density at radius 1 is 1.50 bits per heavy atom. The van der Waals surface area contributed by atoms with Crippen LogP contribution in [0.1, 0.15) is 13.8 Å². The Morgan fingerprint density at radius 2 is 1.93 bits per heavy atom. The van der Waals surface area contributed by atoms with Crippen molar-refractivity contribution in [2.75, 3.05) is 7.11 Å². The Balaban J connectivity index is 0. The Labute approximate surface area is 87.8 Å². The van der Waals surface area contributed by atoms with E-state index >= 15 is 0 Å². The fourth-order valence-corrected chi connectivity index (χ4v) is 0.298. The molecule has 0 unspecified atom stereocenters. The van der Waals surface area contributed by atoms with Crippen molar-refractivity contribution in [2.45, 2.75) is 13.8 Å². The third kappa shape index (κ3) is 8.80. The SMILES string of the molecule is C=C(C)C(=O)OC.CC=C(Cl)C(=O)O. The van der Waals surface area contributed by atoms with E-state index in [4.69, 9.17) is 16.7 Å². The van der Waals surface area contributed by atoms with Gasteiger partial charge in [-0.2, -0.15) is 0 Å². The van der Waals surface area contributed by atoms with E-state index in [-0.39, 0.29) is 11.0 Å². The number of carbonyl (C=O) groups is 2. The Kier molecular flexibility index (Phi) is 9.02. The second-order valence-corrected chi connectivity index (χ2v) is 2.62. The maximum absolute atomic E-state index is 10.2. The number of esters is 1. The molecule has 0 fully saturated rings. The third-order valence-electron chi connectivity index (χ3n) is 0.992. The molecule has 0 atom stereocenters. The number of methoxy groups -OCH3 is 1. The first-order chi connectivity index (χ1) is 6.36. The summed E-state index contributed by atoms with van der Waals surface area (Å²) in [5, 5.41) is 7.84. The number of hydrogen-bond donors (Lipinski definition) is 1. The Morgan fingerprint density at radius 3 is 1.93 bits per heavy atom. The van der Waals surface area contributed by atoms with Gasteiger partial charge in [0.15, 0.2) is 0 Å². The first kappa shape index (κ1) is 15.2. The van der Waals surface area contributed by atoms with E-state index in [1.165, 1.54) is 13.2 Å². The van der Waals surface area contributed by atoms with Gasteiger partial charge in [0, 0.05) is 5.57 Å². The van der Waals surface area contributed by atoms with Crippen LogP contribution in [-0.2, 0) is 14.3 Å². The molecule has 14 heavy (non-hydrogen) atoms. The second kappa shape index (κ2) is 8.31. The van der Waals surface area contributed by atoms with Gasteiger partial charge in [-0.05, 0) is 13.8 Å². The highest BCUT2D eigenvalue weighted by Gasteiger charge is 1.97. The van der Waals surface area contributed by atoms with E-state index in [2.05, 4.69) is 11.3 Å². The minimum absolute atomic E-state index is 0.139. The minimum Gasteiger partial charge on any atom is -0.477 e. The number of allylic oxidation sites excluding steroid dienone is 1. The lowest BCUT2D eigenvalue weighted by atomic mass is 10.4. The average Bonchev–Trinajstić information content (AvgIpc) is 2.15. The molecule has 0 aliphatic carbocycles. The molecule has 80 valence electrons. The molecule has 0 spiro atoms. The molecule has 0 saturated carbocycles. The lowest BCUT2D eigenvalue weighted by molar-refractivity contribution is -0.136. The van der Waals surface area contributed by atoms with Gasteiger partial charge in [-0.1, -0.05) is 24.3 Å². The Hall–Kier alpha value is -1.29. The van der Waals surface area contributed by atoms with Gasteiger partial charge in [0.1, 0.15) is 5.03 Å². The Bertz CT molecular complexity index is 256. The molecular formula is C9H13ClO4. The number of carboxylic acid groups (broad SMARTS) is 1. The summed E-state index contributed by atoms with van der Waals surface area (Å²) in [7, 11) is 1.33. The van der Waals surface area contributed by atoms with Gasteiger partial charge in [0.2, 0.25) is 0 Å². The van der Waals surface area contributed by atoms with Crippen molar-refractivity contribution in [2.24, 2.45) is 0 Å². The number of ether oxygens (including phenoxy) is 1. The van der Waals surface area contributed by atoms with Crippen molar-refractivity contribution < 1.29 is 19.4 Å². The molecule has 0 amide bonds. The number of hydrogen-bond acceptors (Lipinski definition) is 3. The minimum atomic E-state index is -1.08. The number of halogens is 1. The molecule has 0 rings (SSSR count). The van der Waals surface area contributed by atoms with Gasteiger partial charge in [-0.3, -0.25) is 0 Å². The van der Waals surface area contributed by atoms with Crippen LogP contribution in [0.3, 0.4) is 0 Å². The first-order valence-corrected chi connectivity index (χ1v) is 4.03. The van der Waals surface area contributed by atoms with Crippen LogP contribution in [0.5, 0.6) is 0 Å². The molecule has 0 heterocycles. The van der Waals surface area contributed by atoms with Gasteiger partial charge < -0.3 is 9.84 Å². The first-order valence-electron chi connectivity index (χ1n) is 3.65. The lowest BCUT2D eigenvalue weighted by Crippen LogP contribution is -1.98. The number of aliphatic carboxylic acids is 1. The van der Waals surface area contributed by atoms with Gasteiger partial charge in [-0.25, -0.2) is 9.59 Å². The third-order valence-corrected chi connectivity index (χ3v) is 1.37. The maximum Gasteiger partial charge on any atom is 0.346 e. The molecule has 1 N–H and O–H groups in total. The smallest absolute Gasteiger partial charge is 0.346 e. The van der Waals surface area contributed by atoms with Crippen molar-refractivity contribution >= 4 is 23.5 Å². The van der Waals surface area contributed by atoms with E-state index in [1.807, 2.05) is 0 Å². The second-order valence-electron chi connectivity index (χ2n) is 2.21. The van der Waals surface area contributed by atoms with Crippen molar-refractivity contribution in [3.8, 4) is 0 Å². The molecule has 0 radical (unpaired) electrons. The zero-order valence-corrected chi connectivity index (χ0v) is 9.09. The fourth-order valence-electron chi connectivity index (χ4n) is 0.298. The van der Waals surface area contributed by atoms with Gasteiger partial charge in [0.25, 0.3) is 0 Å². The summed E-state index contributed by atoms with van der Waals surface area (Å²) in [6.45, 7) is 6.52. The standard InChI is InChI=1S/C5H8O2.C4H5ClO2/c1-4(2)5(6)7-3;1-2-3(5)4(6)7/h1H2,2-3H3;2H,1H3,(H,6,7). The van der Waals surface area contributed by atoms with Crippen LogP contribution in [0.4, 0.5) is 0 Å². The topological polar surface area (TPSA) is 63.6 Å². The number of carboxylic acids is 1. The normalized spacial score (nSPS) is 9.57. The van der Waals surface area contributed by atoms with Gasteiger partial charge >= 0.3 is 11.9 Å². The highest BCUT2D eigenvalue weighted by molar-refractivity contribution is 6.40. The van der Waals surface area contributed by atoms with E-state index in [0.717, 1.165) is 0 Å². The molecule has 0 aromatic heterocycles. The fraction of sp³-hybridized carbons (Fsp3) is 0.333. The number of rotatable bonds is 2. The van der Waals surface area contributed by atoms with Crippen LogP contribution in [-0.4, -0.2) is 24.2 Å². The summed E-state index contributed by atoms with van der Waals surface area (Å²) in [6.07, 6.45) is 1.32. The highest BCUT2D eigenvalue weighted by Crippen LogP contribution is 1.97. The van der Waals surface area contributed by atoms with Gasteiger partial charge in [0.05, 0.1) is 7.11 Å². The van der Waals surface area contributed by atoms with Crippen molar-refractivity contribution in [1.29, 1.82) is 0 Å². The summed E-state index contributed by atoms with van der Waals surface area (Å²) < 4.78 is 4.27. The lowest BCUT2D eigenvalue weighted by Gasteiger charge is -1.91. The van der Waals surface area contributed by atoms with Crippen molar-refractivity contribution in [3.63, 3.8) is 0 Å². The van der Waals surface area contributed by atoms with Crippen LogP contribution >= 0.6 is 11.6 Å². The van der Waals surface area contributed by atoms with Crippen LogP contribution in [0, 0.1) is 0 Å². The molecule has 0 aromatic carbocycles. The van der Waals surface area contributed by atoms with E-state index in [9.17, 15) is 9.59 Å². The zero-order chi connectivity index (χ0) is 11.7. The van der Waals surface area contributed by atoms with E-state index in [1.54, 1.807) is 13.8 Å². The summed E-state index contributed by atoms with van der Waals surface area (Å²) >= 11 is 5.06. The molecule has 0 bridgehead atoms. The average molecular weight is 221 g/mol. The summed E-state index contributed by atoms with van der Waals surface area (Å²) in [5.41, 5.74) is 0.433. The van der Waals surface area contributed by atoms with Crippen LogP contribution in [0.25, 0.3) is 0 Å². The summed E-state index contributed by atoms with van der Waals surface area (Å²) in [6, 6.07) is 0. The van der Waals surface area contributed by atoms with Crippen molar-refractivity contribution in [3.05, 3.63) is 23.3 Å². The molecule has 0 aliphatic rings. The van der Waals surface area contributed by atoms with E-state index < -0.39 is 5.97 Å². The van der Waals surface area contributed by atoms with Gasteiger partial charge in [-0.15, -0.1) is 0 Å². The predicted molar refractivity (Wildman–Crippen MR) is 54.1 cm³/mol. The largest absolute Gasteiger partial charge is 0.477 e. The van der Waals surface area contributed by atoms with Crippen molar-refractivity contribution in [1.82, 2.24) is 0 Å². The maximum atomic E-state index is 10.2. The molecular weight excluding hydrogens is 208 g/mol. The molecule has 0 aliphatic heterocycles. The highest BCUT2D eigenvalue weighted by atomic mass is 35.5. The van der Waals surface area contributed by atoms with E-state index in [0.29, 0.717) is 5.57 Å². The molecule has 5 heteroatoms. The molecule has 0 aromatic rings. The van der Waals surface area contributed by atoms with Crippen LogP contribution in [0.2, 0.25) is 0 Å².